The number of nitrogens with zero attached hydrogens (tertiary/aromatic N) is 6. The summed E-state index contributed by atoms with van der Waals surface area (Å²) < 4.78 is 9.53. The largest absolute Gasteiger partial charge is 0.446 e. The molecule has 0 aliphatic carbocycles. The molecule has 0 bridgehead atoms. The molecule has 3 aromatic heterocycles. The third-order valence-electron chi connectivity index (χ3n) is 2.98. The quantitative estimate of drug-likeness (QED) is 0.356. The van der Waals surface area contributed by atoms with Crippen molar-refractivity contribution in [2.75, 3.05) is 0 Å². The summed E-state index contributed by atoms with van der Waals surface area (Å²) in [6, 6.07) is 3.60. The summed E-state index contributed by atoms with van der Waals surface area (Å²) in [5.74, 6) is 1.65. The molecule has 0 saturated heterocycles. The van der Waals surface area contributed by atoms with Gasteiger partial charge in [0, 0.05) is 6.54 Å². The molecule has 0 unspecified atom stereocenters. The molecule has 0 atom stereocenters. The van der Waals surface area contributed by atoms with Gasteiger partial charge in [0.1, 0.15) is 12.4 Å². The molecule has 0 spiro atoms. The molecule has 9 nitrogen and oxygen atoms in total. The van der Waals surface area contributed by atoms with Crippen LogP contribution >= 0.6 is 27.7 Å². The lowest BCUT2D eigenvalue weighted by molar-refractivity contribution is -0.385. The van der Waals surface area contributed by atoms with Crippen LogP contribution in [0.25, 0.3) is 11.6 Å². The molecule has 23 heavy (non-hydrogen) atoms. The van der Waals surface area contributed by atoms with Gasteiger partial charge in [-0.2, -0.15) is 5.10 Å². The standard InChI is InChI=1S/C12H11BrN6O3S/c1-2-18-11(9-3-4-10(13)22-9)15-16-12(18)23-7-17-6-8(5-14-17)19(20)21/h3-6H,2,7H2,1H3. The average molecular weight is 399 g/mol. The lowest BCUT2D eigenvalue weighted by atomic mass is 10.4. The zero-order valence-electron chi connectivity index (χ0n) is 11.9. The molecule has 0 aromatic carbocycles. The number of furan rings is 1. The molecule has 0 amide bonds. The minimum atomic E-state index is -0.477. The zero-order valence-corrected chi connectivity index (χ0v) is 14.3. The Hall–Kier alpha value is -2.14. The number of hydrogen-bond acceptors (Lipinski definition) is 7. The van der Waals surface area contributed by atoms with Gasteiger partial charge in [0.25, 0.3) is 0 Å². The molecule has 0 aliphatic rings. The van der Waals surface area contributed by atoms with Crippen LogP contribution in [0.3, 0.4) is 0 Å². The van der Waals surface area contributed by atoms with E-state index in [-0.39, 0.29) is 5.69 Å². The van der Waals surface area contributed by atoms with Gasteiger partial charge in [0.2, 0.25) is 5.82 Å². The van der Waals surface area contributed by atoms with Crippen LogP contribution in [0.1, 0.15) is 6.92 Å². The summed E-state index contributed by atoms with van der Waals surface area (Å²) in [5.41, 5.74) is -0.0383. The van der Waals surface area contributed by atoms with Crippen molar-refractivity contribution in [3.8, 4) is 11.6 Å². The number of nitro groups is 1. The fourth-order valence-corrected chi connectivity index (χ4v) is 3.10. The van der Waals surface area contributed by atoms with Gasteiger partial charge in [0.15, 0.2) is 15.6 Å². The van der Waals surface area contributed by atoms with Gasteiger partial charge >= 0.3 is 5.69 Å². The maximum Gasteiger partial charge on any atom is 0.307 e. The fraction of sp³-hybridized carbons (Fsp3) is 0.250. The highest BCUT2D eigenvalue weighted by Crippen LogP contribution is 2.27. The van der Waals surface area contributed by atoms with Crippen LogP contribution in [0.5, 0.6) is 0 Å². The summed E-state index contributed by atoms with van der Waals surface area (Å²) in [4.78, 5) is 10.2. The molecule has 0 saturated carbocycles. The van der Waals surface area contributed by atoms with Crippen molar-refractivity contribution < 1.29 is 9.34 Å². The van der Waals surface area contributed by atoms with Crippen LogP contribution in [-0.2, 0) is 12.4 Å². The van der Waals surface area contributed by atoms with Crippen LogP contribution in [0, 0.1) is 10.1 Å². The van der Waals surface area contributed by atoms with Gasteiger partial charge < -0.3 is 4.42 Å². The van der Waals surface area contributed by atoms with Gasteiger partial charge in [-0.1, -0.05) is 11.8 Å². The Bertz CT molecular complexity index is 842. The van der Waals surface area contributed by atoms with Crippen LogP contribution in [0.15, 0.2) is 38.8 Å². The van der Waals surface area contributed by atoms with E-state index in [0.29, 0.717) is 33.8 Å². The van der Waals surface area contributed by atoms with Crippen molar-refractivity contribution in [3.63, 3.8) is 0 Å². The van der Waals surface area contributed by atoms with Gasteiger partial charge in [0.05, 0.1) is 10.8 Å². The van der Waals surface area contributed by atoms with Crippen molar-refractivity contribution in [2.45, 2.75) is 24.5 Å². The van der Waals surface area contributed by atoms with Crippen molar-refractivity contribution >= 4 is 33.4 Å². The topological polar surface area (TPSA) is 105 Å². The Morgan fingerprint density at radius 3 is 2.87 bits per heavy atom. The van der Waals surface area contributed by atoms with E-state index < -0.39 is 4.92 Å². The van der Waals surface area contributed by atoms with Crippen LogP contribution in [-0.4, -0.2) is 29.5 Å². The third-order valence-corrected chi connectivity index (χ3v) is 4.36. The second-order valence-corrected chi connectivity index (χ2v) is 6.12. The van der Waals surface area contributed by atoms with Crippen molar-refractivity contribution in [1.29, 1.82) is 0 Å². The predicted octanol–water partition coefficient (Wildman–Crippen LogP) is 3.18. The normalized spacial score (nSPS) is 11.0. The van der Waals surface area contributed by atoms with Crippen LogP contribution < -0.4 is 0 Å². The monoisotopic (exact) mass is 398 g/mol. The first-order chi connectivity index (χ1) is 11.1. The second kappa shape index (κ2) is 6.54. The van der Waals surface area contributed by atoms with E-state index in [2.05, 4.69) is 31.2 Å². The Balaban J connectivity index is 1.77. The first-order valence-electron chi connectivity index (χ1n) is 6.57. The Morgan fingerprint density at radius 2 is 2.26 bits per heavy atom. The first-order valence-corrected chi connectivity index (χ1v) is 8.35. The highest BCUT2D eigenvalue weighted by atomic mass is 79.9. The molecule has 3 rings (SSSR count). The summed E-state index contributed by atoms with van der Waals surface area (Å²) in [6.07, 6.45) is 2.60. The van der Waals surface area contributed by atoms with Gasteiger partial charge in [-0.25, -0.2) is 0 Å². The maximum absolute atomic E-state index is 10.7. The van der Waals surface area contributed by atoms with Crippen molar-refractivity contribution in [1.82, 2.24) is 24.5 Å². The number of rotatable bonds is 6. The molecule has 0 N–H and O–H groups in total. The molecule has 3 heterocycles. The van der Waals surface area contributed by atoms with Gasteiger partial charge in [-0.15, -0.1) is 10.2 Å². The lowest BCUT2D eigenvalue weighted by Gasteiger charge is -2.05. The van der Waals surface area contributed by atoms with E-state index >= 15 is 0 Å². The summed E-state index contributed by atoms with van der Waals surface area (Å²) in [7, 11) is 0. The number of aromatic nitrogens is 5. The molecule has 11 heteroatoms. The van der Waals surface area contributed by atoms with E-state index in [4.69, 9.17) is 4.42 Å². The highest BCUT2D eigenvalue weighted by molar-refractivity contribution is 9.10. The van der Waals surface area contributed by atoms with Crippen LogP contribution in [0.2, 0.25) is 0 Å². The minimum Gasteiger partial charge on any atom is -0.446 e. The molecule has 3 aromatic rings. The Morgan fingerprint density at radius 1 is 1.43 bits per heavy atom. The molecule has 0 fully saturated rings. The Kier molecular flexibility index (Phi) is 4.48. The number of halogens is 1. The van der Waals surface area contributed by atoms with E-state index in [0.717, 1.165) is 0 Å². The van der Waals surface area contributed by atoms with Crippen LogP contribution in [0.4, 0.5) is 5.69 Å². The molecule has 0 radical (unpaired) electrons. The predicted molar refractivity (Wildman–Crippen MR) is 85.8 cm³/mol. The Labute approximate surface area is 143 Å². The van der Waals surface area contributed by atoms with E-state index in [1.807, 2.05) is 17.6 Å². The van der Waals surface area contributed by atoms with Crippen molar-refractivity contribution in [2.24, 2.45) is 0 Å². The fourth-order valence-electron chi connectivity index (χ4n) is 1.94. The molecular weight excluding hydrogens is 388 g/mol. The first kappa shape index (κ1) is 15.7. The maximum atomic E-state index is 10.7. The number of hydrogen-bond donors (Lipinski definition) is 0. The van der Waals surface area contributed by atoms with Gasteiger partial charge in [-0.05, 0) is 35.0 Å². The van der Waals surface area contributed by atoms with Gasteiger partial charge in [-0.3, -0.25) is 19.4 Å². The lowest BCUT2D eigenvalue weighted by Crippen LogP contribution is -2.01. The zero-order chi connectivity index (χ0) is 16.4. The molecule has 120 valence electrons. The van der Waals surface area contributed by atoms with E-state index in [1.54, 1.807) is 6.07 Å². The summed E-state index contributed by atoms with van der Waals surface area (Å²) in [5, 5.41) is 23.6. The summed E-state index contributed by atoms with van der Waals surface area (Å²) in [6.45, 7) is 2.65. The second-order valence-electron chi connectivity index (χ2n) is 4.42. The minimum absolute atomic E-state index is 0.0383. The van der Waals surface area contributed by atoms with Crippen molar-refractivity contribution in [3.05, 3.63) is 39.3 Å². The SMILES string of the molecule is CCn1c(SCn2cc([N+](=O)[O-])cn2)nnc1-c1ccc(Br)o1. The molecular formula is C12H11BrN6O3S. The third kappa shape index (κ3) is 3.29. The average Bonchev–Trinajstić information content (AvgIpc) is 3.23. The van der Waals surface area contributed by atoms with E-state index in [1.165, 1.54) is 28.8 Å². The molecule has 0 aliphatic heterocycles. The number of thioether (sulfide) groups is 1. The smallest absolute Gasteiger partial charge is 0.307 e. The summed E-state index contributed by atoms with van der Waals surface area (Å²) >= 11 is 4.65. The van der Waals surface area contributed by atoms with E-state index in [9.17, 15) is 10.1 Å². The highest BCUT2D eigenvalue weighted by Gasteiger charge is 2.16.